The Morgan fingerprint density at radius 3 is 2.68 bits per heavy atom. The summed E-state index contributed by atoms with van der Waals surface area (Å²) >= 11 is 5.75. The monoisotopic (exact) mass is 285 g/mol. The number of carbonyl (C=O) groups is 1. The maximum Gasteiger partial charge on any atom is 0.335 e. The summed E-state index contributed by atoms with van der Waals surface area (Å²) in [5.41, 5.74) is 8.21. The number of aliphatic hydroxyl groups is 2. The van der Waals surface area contributed by atoms with Crippen LogP contribution in [0.1, 0.15) is 28.4 Å². The largest absolute Gasteiger partial charge is 0.478 e. The molecule has 0 spiro atoms. The molecule has 8 heteroatoms. The molecule has 0 saturated heterocycles. The lowest BCUT2D eigenvalue weighted by atomic mass is 10.00. The van der Waals surface area contributed by atoms with Gasteiger partial charge < -0.3 is 15.3 Å². The van der Waals surface area contributed by atoms with Crippen molar-refractivity contribution in [1.82, 2.24) is 0 Å². The van der Waals surface area contributed by atoms with Crippen LogP contribution in [0.2, 0.25) is 5.02 Å². The molecule has 19 heavy (non-hydrogen) atoms. The van der Waals surface area contributed by atoms with Crippen LogP contribution in [-0.4, -0.2) is 33.9 Å². The van der Waals surface area contributed by atoms with Crippen LogP contribution >= 0.6 is 11.6 Å². The lowest BCUT2D eigenvalue weighted by Crippen LogP contribution is -2.19. The van der Waals surface area contributed by atoms with E-state index in [1.54, 1.807) is 0 Å². The van der Waals surface area contributed by atoms with E-state index in [1.165, 1.54) is 18.2 Å². The molecule has 7 nitrogen and oxygen atoms in total. The third-order valence-electron chi connectivity index (χ3n) is 2.46. The van der Waals surface area contributed by atoms with E-state index in [0.29, 0.717) is 0 Å². The number of azide groups is 1. The van der Waals surface area contributed by atoms with Crippen molar-refractivity contribution < 1.29 is 20.1 Å². The van der Waals surface area contributed by atoms with Gasteiger partial charge in [0.2, 0.25) is 0 Å². The minimum absolute atomic E-state index is 0.0288. The molecule has 0 aliphatic rings. The molecule has 102 valence electrons. The highest BCUT2D eigenvalue weighted by Gasteiger charge is 2.19. The molecule has 1 aromatic carbocycles. The Balaban J connectivity index is 2.89. The zero-order valence-electron chi connectivity index (χ0n) is 9.77. The molecule has 0 bridgehead atoms. The molecule has 0 amide bonds. The van der Waals surface area contributed by atoms with Crippen LogP contribution in [0.3, 0.4) is 0 Å². The standard InChI is InChI=1S/C11H12ClN3O4/c12-8-4-6(3-7(5-8)11(18)19)10(17)9(16)1-2-14-15-13/h3-5,9-10,16-17H,1-2H2,(H,18,19). The topological polar surface area (TPSA) is 127 Å². The van der Waals surface area contributed by atoms with E-state index < -0.39 is 18.2 Å². The van der Waals surface area contributed by atoms with Crippen molar-refractivity contribution in [3.8, 4) is 0 Å². The summed E-state index contributed by atoms with van der Waals surface area (Å²) in [6, 6.07) is 3.84. The molecule has 0 heterocycles. The van der Waals surface area contributed by atoms with Crippen LogP contribution in [0.25, 0.3) is 10.4 Å². The number of nitrogens with zero attached hydrogens (tertiary/aromatic N) is 3. The fraction of sp³-hybridized carbons (Fsp3) is 0.364. The Labute approximate surface area is 113 Å². The predicted molar refractivity (Wildman–Crippen MR) is 68.0 cm³/mol. The molecule has 0 aliphatic heterocycles. The molecule has 1 rings (SSSR count). The number of aromatic carboxylic acids is 1. The molecule has 1 aromatic rings. The summed E-state index contributed by atoms with van der Waals surface area (Å²) in [4.78, 5) is 13.4. The van der Waals surface area contributed by atoms with E-state index in [4.69, 9.17) is 22.2 Å². The van der Waals surface area contributed by atoms with Crippen molar-refractivity contribution in [2.75, 3.05) is 6.54 Å². The summed E-state index contributed by atoms with van der Waals surface area (Å²) in [6.07, 6.45) is -2.42. The van der Waals surface area contributed by atoms with Gasteiger partial charge in [-0.3, -0.25) is 0 Å². The van der Waals surface area contributed by atoms with E-state index in [-0.39, 0.29) is 29.1 Å². The average Bonchev–Trinajstić information content (AvgIpc) is 2.37. The van der Waals surface area contributed by atoms with Gasteiger partial charge in [-0.15, -0.1) is 0 Å². The summed E-state index contributed by atoms with van der Waals surface area (Å²) in [5.74, 6) is -1.18. The van der Waals surface area contributed by atoms with Gasteiger partial charge in [0, 0.05) is 16.5 Å². The second-order valence-electron chi connectivity index (χ2n) is 3.83. The molecule has 0 aliphatic carbocycles. The van der Waals surface area contributed by atoms with Crippen LogP contribution in [0, 0.1) is 0 Å². The van der Waals surface area contributed by atoms with Gasteiger partial charge in [0.25, 0.3) is 0 Å². The normalized spacial score (nSPS) is 13.4. The third kappa shape index (κ3) is 4.42. The van der Waals surface area contributed by atoms with E-state index >= 15 is 0 Å². The molecular weight excluding hydrogens is 274 g/mol. The number of hydrogen-bond donors (Lipinski definition) is 3. The van der Waals surface area contributed by atoms with Crippen molar-refractivity contribution in [2.24, 2.45) is 5.11 Å². The molecule has 3 N–H and O–H groups in total. The van der Waals surface area contributed by atoms with Gasteiger partial charge in [-0.1, -0.05) is 16.7 Å². The van der Waals surface area contributed by atoms with Crippen molar-refractivity contribution >= 4 is 17.6 Å². The van der Waals surface area contributed by atoms with Gasteiger partial charge in [-0.05, 0) is 35.7 Å². The first-order valence-electron chi connectivity index (χ1n) is 5.36. The number of carboxylic acid groups (broad SMARTS) is 1. The SMILES string of the molecule is [N-]=[N+]=NCCC(O)C(O)c1cc(Cl)cc(C(=O)O)c1. The number of aliphatic hydroxyl groups excluding tert-OH is 2. The molecule has 2 atom stereocenters. The quantitative estimate of drug-likeness (QED) is 0.420. The van der Waals surface area contributed by atoms with Crippen LogP contribution in [0.5, 0.6) is 0 Å². The lowest BCUT2D eigenvalue weighted by Gasteiger charge is -2.18. The number of carboxylic acids is 1. The first kappa shape index (κ1) is 15.3. The van der Waals surface area contributed by atoms with E-state index in [2.05, 4.69) is 10.0 Å². The lowest BCUT2D eigenvalue weighted by molar-refractivity contribution is 0.0149. The maximum absolute atomic E-state index is 10.9. The van der Waals surface area contributed by atoms with Crippen molar-refractivity contribution in [2.45, 2.75) is 18.6 Å². The maximum atomic E-state index is 10.9. The molecule has 0 aromatic heterocycles. The highest BCUT2D eigenvalue weighted by Crippen LogP contribution is 2.24. The minimum atomic E-state index is -1.30. The Kier molecular flexibility index (Phi) is 5.59. The highest BCUT2D eigenvalue weighted by atomic mass is 35.5. The Bertz CT molecular complexity index is 517. The van der Waals surface area contributed by atoms with E-state index in [1.807, 2.05) is 0 Å². The predicted octanol–water partition coefficient (Wildman–Crippen LogP) is 2.13. The first-order chi connectivity index (χ1) is 8.95. The summed E-state index contributed by atoms with van der Waals surface area (Å²) in [5, 5.41) is 31.8. The van der Waals surface area contributed by atoms with Gasteiger partial charge in [-0.2, -0.15) is 0 Å². The number of hydrogen-bond acceptors (Lipinski definition) is 4. The number of halogens is 1. The van der Waals surface area contributed by atoms with Gasteiger partial charge in [0.15, 0.2) is 0 Å². The molecule has 2 unspecified atom stereocenters. The first-order valence-corrected chi connectivity index (χ1v) is 5.74. The van der Waals surface area contributed by atoms with Crippen LogP contribution < -0.4 is 0 Å². The van der Waals surface area contributed by atoms with Crippen molar-refractivity contribution in [3.63, 3.8) is 0 Å². The van der Waals surface area contributed by atoms with Crippen LogP contribution in [0.15, 0.2) is 23.3 Å². The van der Waals surface area contributed by atoms with Gasteiger partial charge in [-0.25, -0.2) is 4.79 Å². The highest BCUT2D eigenvalue weighted by molar-refractivity contribution is 6.31. The summed E-state index contributed by atoms with van der Waals surface area (Å²) < 4.78 is 0. The molecule has 0 radical (unpaired) electrons. The summed E-state index contributed by atoms with van der Waals surface area (Å²) in [6.45, 7) is 0.0288. The number of benzene rings is 1. The zero-order valence-corrected chi connectivity index (χ0v) is 10.5. The fourth-order valence-electron chi connectivity index (χ4n) is 1.52. The molecule has 0 saturated carbocycles. The second kappa shape index (κ2) is 6.96. The Morgan fingerprint density at radius 1 is 1.42 bits per heavy atom. The number of rotatable bonds is 6. The van der Waals surface area contributed by atoms with Crippen LogP contribution in [-0.2, 0) is 0 Å². The van der Waals surface area contributed by atoms with Gasteiger partial charge in [0.05, 0.1) is 11.7 Å². The minimum Gasteiger partial charge on any atom is -0.478 e. The van der Waals surface area contributed by atoms with E-state index in [0.717, 1.165) is 0 Å². The van der Waals surface area contributed by atoms with Crippen LogP contribution in [0.4, 0.5) is 0 Å². The molecule has 0 fully saturated rings. The fourth-order valence-corrected chi connectivity index (χ4v) is 1.76. The third-order valence-corrected chi connectivity index (χ3v) is 2.68. The van der Waals surface area contributed by atoms with Crippen molar-refractivity contribution in [1.29, 1.82) is 0 Å². The van der Waals surface area contributed by atoms with Gasteiger partial charge >= 0.3 is 5.97 Å². The second-order valence-corrected chi connectivity index (χ2v) is 4.27. The van der Waals surface area contributed by atoms with E-state index in [9.17, 15) is 15.0 Å². The van der Waals surface area contributed by atoms with Crippen molar-refractivity contribution in [3.05, 3.63) is 44.8 Å². The smallest absolute Gasteiger partial charge is 0.335 e. The average molecular weight is 286 g/mol. The zero-order chi connectivity index (χ0) is 14.4. The molecular formula is C11H12ClN3O4. The Hall–Kier alpha value is -1.79. The summed E-state index contributed by atoms with van der Waals surface area (Å²) in [7, 11) is 0. The van der Waals surface area contributed by atoms with Gasteiger partial charge in [0.1, 0.15) is 6.10 Å². The Morgan fingerprint density at radius 2 is 2.11 bits per heavy atom.